The third-order valence-corrected chi connectivity index (χ3v) is 14.0. The third-order valence-electron chi connectivity index (χ3n) is 9.60. The van der Waals surface area contributed by atoms with Gasteiger partial charge >= 0.3 is 5.97 Å². The van der Waals surface area contributed by atoms with Crippen LogP contribution in [-0.4, -0.2) is 25.6 Å². The van der Waals surface area contributed by atoms with Gasteiger partial charge in [-0.2, -0.15) is 0 Å². The van der Waals surface area contributed by atoms with Crippen molar-refractivity contribution in [1.29, 1.82) is 0 Å². The third kappa shape index (κ3) is 2.14. The first-order valence-electron chi connectivity index (χ1n) is 9.73. The molecule has 0 aromatic carbocycles. The van der Waals surface area contributed by atoms with Crippen molar-refractivity contribution < 1.29 is 9.63 Å². The maximum Gasteiger partial charge on any atom is 0.342 e. The summed E-state index contributed by atoms with van der Waals surface area (Å²) >= 11 is 15.0. The van der Waals surface area contributed by atoms with Crippen LogP contribution in [0.25, 0.3) is 0 Å². The molecule has 6 unspecified atom stereocenters. The van der Waals surface area contributed by atoms with Crippen LogP contribution in [0.4, 0.5) is 0 Å². The summed E-state index contributed by atoms with van der Waals surface area (Å²) in [6.45, 7) is 9.04. The minimum atomic E-state index is -0.506. The highest BCUT2D eigenvalue weighted by Crippen LogP contribution is 2.82. The van der Waals surface area contributed by atoms with E-state index in [0.29, 0.717) is 5.92 Å². The molecule has 0 aliphatic heterocycles. The SMILES string of the molecule is CC12CCC(CC1=NOC(=O)C13CCC(C(Br)Br)(C1Br)C3(C)C)C2(C)CBr. The smallest absolute Gasteiger partial charge is 0.318 e. The fourth-order valence-corrected chi connectivity index (χ4v) is 13.0. The zero-order valence-electron chi connectivity index (χ0n) is 16.3. The summed E-state index contributed by atoms with van der Waals surface area (Å²) in [5.41, 5.74) is 0.646. The Labute approximate surface area is 195 Å². The van der Waals surface area contributed by atoms with Crippen molar-refractivity contribution in [2.75, 3.05) is 5.33 Å². The molecular formula is C20H27Br4NO2. The molecule has 4 bridgehead atoms. The van der Waals surface area contributed by atoms with Crippen molar-refractivity contribution in [1.82, 2.24) is 0 Å². The Morgan fingerprint density at radius 2 is 1.89 bits per heavy atom. The average molecular weight is 633 g/mol. The van der Waals surface area contributed by atoms with E-state index < -0.39 is 5.41 Å². The molecule has 5 fully saturated rings. The summed E-state index contributed by atoms with van der Waals surface area (Å²) in [6, 6.07) is 0. The second kappa shape index (κ2) is 6.29. The number of rotatable bonds is 4. The molecular weight excluding hydrogens is 606 g/mol. The van der Waals surface area contributed by atoms with Gasteiger partial charge in [-0.25, -0.2) is 4.79 Å². The molecule has 152 valence electrons. The summed E-state index contributed by atoms with van der Waals surface area (Å²) in [4.78, 5) is 19.1. The number of hydrogen-bond acceptors (Lipinski definition) is 3. The van der Waals surface area contributed by atoms with Gasteiger partial charge in [0.25, 0.3) is 0 Å². The van der Waals surface area contributed by atoms with E-state index in [1.807, 2.05) is 0 Å². The Morgan fingerprint density at radius 3 is 2.37 bits per heavy atom. The van der Waals surface area contributed by atoms with Gasteiger partial charge in [0.1, 0.15) is 0 Å². The lowest BCUT2D eigenvalue weighted by atomic mass is 9.43. The highest BCUT2D eigenvalue weighted by atomic mass is 79.9. The minimum absolute atomic E-state index is 0.00606. The van der Waals surface area contributed by atoms with E-state index in [-0.39, 0.29) is 36.2 Å². The van der Waals surface area contributed by atoms with E-state index in [9.17, 15) is 4.79 Å². The standard InChI is InChI=1S/C20H27Br4NO2/c1-16(2)19(14(23)24)7-8-20(16,13(19)22)15(26)27-25-12-9-11-5-6-17(12,3)18(11,4)10-21/h11,13-14H,5-10H2,1-4H3. The minimum Gasteiger partial charge on any atom is -0.318 e. The summed E-state index contributed by atoms with van der Waals surface area (Å²) in [5, 5.41) is 5.47. The summed E-state index contributed by atoms with van der Waals surface area (Å²) < 4.78 is 0.163. The number of oxime groups is 1. The number of carbonyl (C=O) groups excluding carboxylic acids is 1. The molecule has 0 aromatic rings. The number of halogens is 4. The molecule has 0 amide bonds. The van der Waals surface area contributed by atoms with Gasteiger partial charge in [-0.15, -0.1) is 0 Å². The Morgan fingerprint density at radius 1 is 1.22 bits per heavy atom. The number of hydrogen-bond donors (Lipinski definition) is 0. The number of alkyl halides is 4. The Hall–Kier alpha value is 1.06. The Kier molecular flexibility index (Phi) is 4.96. The van der Waals surface area contributed by atoms with Crippen molar-refractivity contribution >= 4 is 75.4 Å². The first kappa shape index (κ1) is 21.3. The summed E-state index contributed by atoms with van der Waals surface area (Å²) in [6.07, 6.45) is 5.16. The predicted octanol–water partition coefficient (Wildman–Crippen LogP) is 6.79. The lowest BCUT2D eigenvalue weighted by Gasteiger charge is -2.65. The number of fused-ring (bicyclic) bond motifs is 3. The van der Waals surface area contributed by atoms with Crippen LogP contribution >= 0.6 is 63.7 Å². The Balaban J connectivity index is 1.58. The van der Waals surface area contributed by atoms with E-state index in [1.54, 1.807) is 0 Å². The van der Waals surface area contributed by atoms with Crippen LogP contribution in [0.15, 0.2) is 5.16 Å². The van der Waals surface area contributed by atoms with Crippen LogP contribution in [0.3, 0.4) is 0 Å². The molecule has 5 rings (SSSR count). The molecule has 3 nitrogen and oxygen atoms in total. The van der Waals surface area contributed by atoms with Gasteiger partial charge in [0, 0.05) is 21.0 Å². The van der Waals surface area contributed by atoms with Gasteiger partial charge in [-0.1, -0.05) is 96.6 Å². The molecule has 5 aliphatic carbocycles. The van der Waals surface area contributed by atoms with E-state index in [1.165, 1.54) is 6.42 Å². The lowest BCUT2D eigenvalue weighted by Crippen LogP contribution is -2.70. The van der Waals surface area contributed by atoms with Gasteiger partial charge in [-0.05, 0) is 48.9 Å². The van der Waals surface area contributed by atoms with Crippen LogP contribution in [0.5, 0.6) is 0 Å². The predicted molar refractivity (Wildman–Crippen MR) is 123 cm³/mol. The molecule has 0 aromatic heterocycles. The zero-order chi connectivity index (χ0) is 20.0. The number of carbonyl (C=O) groups is 1. The van der Waals surface area contributed by atoms with E-state index in [0.717, 1.165) is 36.7 Å². The molecule has 0 heterocycles. The largest absolute Gasteiger partial charge is 0.342 e. The van der Waals surface area contributed by atoms with Crippen molar-refractivity contribution in [2.24, 2.45) is 38.1 Å². The van der Waals surface area contributed by atoms with Gasteiger partial charge in [0.05, 0.1) is 14.9 Å². The maximum atomic E-state index is 13.3. The second-order valence-corrected chi connectivity index (χ2v) is 14.6. The molecule has 0 N–H and O–H groups in total. The average Bonchev–Trinajstić information content (AvgIpc) is 3.23. The lowest BCUT2D eigenvalue weighted by molar-refractivity contribution is -0.186. The van der Waals surface area contributed by atoms with Crippen LogP contribution in [0.1, 0.15) is 59.8 Å². The number of nitrogens with zero attached hydrogens (tertiary/aromatic N) is 1. The van der Waals surface area contributed by atoms with E-state index in [2.05, 4.69) is 96.6 Å². The van der Waals surface area contributed by atoms with Crippen molar-refractivity contribution in [2.45, 2.75) is 68.4 Å². The Bertz CT molecular complexity index is 725. The van der Waals surface area contributed by atoms with Crippen molar-refractivity contribution in [3.63, 3.8) is 0 Å². The monoisotopic (exact) mass is 629 g/mol. The molecule has 6 atom stereocenters. The highest BCUT2D eigenvalue weighted by Gasteiger charge is 2.84. The molecule has 0 spiro atoms. The van der Waals surface area contributed by atoms with Crippen molar-refractivity contribution in [3.8, 4) is 0 Å². The van der Waals surface area contributed by atoms with E-state index in [4.69, 9.17) is 4.84 Å². The molecule has 0 radical (unpaired) electrons. The first-order chi connectivity index (χ1) is 12.5. The van der Waals surface area contributed by atoms with Gasteiger partial charge in [0.2, 0.25) is 0 Å². The molecule has 7 heteroatoms. The molecule has 5 saturated carbocycles. The van der Waals surface area contributed by atoms with Crippen LogP contribution < -0.4 is 0 Å². The summed E-state index contributed by atoms with van der Waals surface area (Å²) in [5.74, 6) is 0.464. The van der Waals surface area contributed by atoms with Gasteiger partial charge in [-0.3, -0.25) is 0 Å². The first-order valence-corrected chi connectivity index (χ1v) is 13.6. The zero-order valence-corrected chi connectivity index (χ0v) is 22.6. The fraction of sp³-hybridized carbons (Fsp3) is 0.900. The van der Waals surface area contributed by atoms with E-state index >= 15 is 0 Å². The topological polar surface area (TPSA) is 38.7 Å². The van der Waals surface area contributed by atoms with Gasteiger partial charge in [0.15, 0.2) is 0 Å². The maximum absolute atomic E-state index is 13.3. The van der Waals surface area contributed by atoms with Crippen LogP contribution in [0.2, 0.25) is 0 Å². The quantitative estimate of drug-likeness (QED) is 0.195. The van der Waals surface area contributed by atoms with Crippen LogP contribution in [-0.2, 0) is 9.63 Å². The second-order valence-electron chi connectivity index (χ2n) is 10.0. The highest BCUT2D eigenvalue weighted by molar-refractivity contribution is 9.24. The fourth-order valence-electron chi connectivity index (χ4n) is 7.00. The normalized spacial score (nSPS) is 51.1. The summed E-state index contributed by atoms with van der Waals surface area (Å²) in [7, 11) is 0. The van der Waals surface area contributed by atoms with Crippen molar-refractivity contribution in [3.05, 3.63) is 0 Å². The van der Waals surface area contributed by atoms with Gasteiger partial charge < -0.3 is 4.84 Å². The molecule has 0 saturated heterocycles. The molecule has 27 heavy (non-hydrogen) atoms. The van der Waals surface area contributed by atoms with Crippen LogP contribution in [0, 0.1) is 33.0 Å². The molecule has 5 aliphatic rings.